The van der Waals surface area contributed by atoms with Crippen molar-refractivity contribution in [1.29, 1.82) is 0 Å². The van der Waals surface area contributed by atoms with Gasteiger partial charge in [0.25, 0.3) is 11.8 Å². The molecule has 1 aliphatic heterocycles. The Morgan fingerprint density at radius 2 is 1.77 bits per heavy atom. The molecule has 0 bridgehead atoms. The molecule has 0 spiro atoms. The summed E-state index contributed by atoms with van der Waals surface area (Å²) in [6.07, 6.45) is 1.13. The van der Waals surface area contributed by atoms with Gasteiger partial charge in [-0.05, 0) is 55.0 Å². The normalized spacial score (nSPS) is 18.6. The molecule has 2 aromatic rings. The van der Waals surface area contributed by atoms with Crippen LogP contribution in [-0.2, 0) is 4.79 Å². The molecule has 1 saturated heterocycles. The second kappa shape index (κ2) is 9.65. The Hall–Kier alpha value is -3.02. The molecule has 0 aromatic heterocycles. The van der Waals surface area contributed by atoms with E-state index in [4.69, 9.17) is 9.47 Å². The van der Waals surface area contributed by atoms with E-state index in [0.717, 1.165) is 25.1 Å². The van der Waals surface area contributed by atoms with E-state index in [-0.39, 0.29) is 18.4 Å². The lowest BCUT2D eigenvalue weighted by atomic mass is 9.91. The number of hydrogen-bond donors (Lipinski definition) is 1. The third-order valence-electron chi connectivity index (χ3n) is 5.27. The first-order valence-electron chi connectivity index (χ1n) is 10.3. The van der Waals surface area contributed by atoms with Crippen molar-refractivity contribution in [2.24, 2.45) is 11.8 Å². The highest BCUT2D eigenvalue weighted by atomic mass is 16.5. The highest BCUT2D eigenvalue weighted by Crippen LogP contribution is 2.28. The smallest absolute Gasteiger partial charge is 0.262 e. The van der Waals surface area contributed by atoms with Crippen molar-refractivity contribution in [1.82, 2.24) is 4.90 Å². The van der Waals surface area contributed by atoms with Crippen LogP contribution in [0, 0.1) is 18.8 Å². The second-order valence-corrected chi connectivity index (χ2v) is 8.19. The van der Waals surface area contributed by atoms with Gasteiger partial charge in [-0.25, -0.2) is 0 Å². The molecule has 3 rings (SSSR count). The molecule has 6 nitrogen and oxygen atoms in total. The quantitative estimate of drug-likeness (QED) is 0.777. The molecule has 2 amide bonds. The molecule has 0 aliphatic carbocycles. The van der Waals surface area contributed by atoms with Crippen LogP contribution in [0.2, 0.25) is 0 Å². The minimum atomic E-state index is -0.335. The lowest BCUT2D eigenvalue weighted by Gasteiger charge is -2.35. The number of piperidine rings is 1. The zero-order valence-corrected chi connectivity index (χ0v) is 18.1. The maximum absolute atomic E-state index is 13.1. The monoisotopic (exact) mass is 410 g/mol. The van der Waals surface area contributed by atoms with Crippen molar-refractivity contribution in [3.63, 3.8) is 0 Å². The summed E-state index contributed by atoms with van der Waals surface area (Å²) < 4.78 is 10.9. The summed E-state index contributed by atoms with van der Waals surface area (Å²) in [6.45, 7) is 7.58. The molecular weight excluding hydrogens is 380 g/mol. The molecule has 6 heteroatoms. The summed E-state index contributed by atoms with van der Waals surface area (Å²) in [5.74, 6) is 1.63. The average Bonchev–Trinajstić information content (AvgIpc) is 2.72. The van der Waals surface area contributed by atoms with Crippen molar-refractivity contribution in [3.8, 4) is 11.5 Å². The third kappa shape index (κ3) is 5.32. The predicted octanol–water partition coefficient (Wildman–Crippen LogP) is 4.14. The van der Waals surface area contributed by atoms with Gasteiger partial charge >= 0.3 is 0 Å². The second-order valence-electron chi connectivity index (χ2n) is 8.19. The van der Waals surface area contributed by atoms with E-state index in [1.54, 1.807) is 31.4 Å². The molecule has 2 atom stereocenters. The number of methoxy groups -OCH3 is 1. The van der Waals surface area contributed by atoms with Crippen molar-refractivity contribution in [2.75, 3.05) is 32.1 Å². The molecule has 2 aromatic carbocycles. The van der Waals surface area contributed by atoms with Crippen LogP contribution in [0.15, 0.2) is 42.5 Å². The third-order valence-corrected chi connectivity index (χ3v) is 5.27. The van der Waals surface area contributed by atoms with E-state index in [1.165, 1.54) is 0 Å². The summed E-state index contributed by atoms with van der Waals surface area (Å²) in [6, 6.07) is 12.6. The topological polar surface area (TPSA) is 67.9 Å². The van der Waals surface area contributed by atoms with Gasteiger partial charge in [-0.15, -0.1) is 0 Å². The standard InChI is InChI=1S/C24H30N2O4/c1-16-9-10-21(22(12-16)29-4)30-15-23(27)25-20-8-6-5-7-19(20)24(28)26-13-17(2)11-18(3)14-26/h5-10,12,17-18H,11,13-15H2,1-4H3,(H,25,27). The van der Waals surface area contributed by atoms with Gasteiger partial charge < -0.3 is 19.7 Å². The summed E-state index contributed by atoms with van der Waals surface area (Å²) >= 11 is 0. The van der Waals surface area contributed by atoms with Gasteiger partial charge in [0.05, 0.1) is 18.4 Å². The van der Waals surface area contributed by atoms with E-state index in [1.807, 2.05) is 30.0 Å². The molecule has 160 valence electrons. The van der Waals surface area contributed by atoms with Crippen LogP contribution < -0.4 is 14.8 Å². The number of amides is 2. The van der Waals surface area contributed by atoms with Crippen LogP contribution >= 0.6 is 0 Å². The Morgan fingerprint density at radius 1 is 1.07 bits per heavy atom. The van der Waals surface area contributed by atoms with Gasteiger partial charge in [-0.2, -0.15) is 0 Å². The molecule has 0 saturated carbocycles. The first-order valence-corrected chi connectivity index (χ1v) is 10.3. The summed E-state index contributed by atoms with van der Waals surface area (Å²) in [5.41, 5.74) is 2.04. The zero-order chi connectivity index (χ0) is 21.7. The van der Waals surface area contributed by atoms with Crippen LogP contribution in [0.5, 0.6) is 11.5 Å². The molecule has 1 fully saturated rings. The maximum Gasteiger partial charge on any atom is 0.262 e. The summed E-state index contributed by atoms with van der Waals surface area (Å²) in [5, 5.41) is 2.82. The first kappa shape index (κ1) is 21.7. The van der Waals surface area contributed by atoms with E-state index >= 15 is 0 Å². The number of carbonyl (C=O) groups is 2. The summed E-state index contributed by atoms with van der Waals surface area (Å²) in [7, 11) is 1.56. The van der Waals surface area contributed by atoms with Gasteiger partial charge in [0.1, 0.15) is 0 Å². The molecule has 1 heterocycles. The fraction of sp³-hybridized carbons (Fsp3) is 0.417. The predicted molar refractivity (Wildman–Crippen MR) is 117 cm³/mol. The van der Waals surface area contributed by atoms with Gasteiger partial charge in [0, 0.05) is 13.1 Å². The van der Waals surface area contributed by atoms with Crippen LogP contribution in [0.25, 0.3) is 0 Å². The summed E-state index contributed by atoms with van der Waals surface area (Å²) in [4.78, 5) is 27.5. The van der Waals surface area contributed by atoms with Crippen molar-refractivity contribution < 1.29 is 19.1 Å². The zero-order valence-electron chi connectivity index (χ0n) is 18.1. The van der Waals surface area contributed by atoms with Crippen LogP contribution in [0.4, 0.5) is 5.69 Å². The molecule has 0 radical (unpaired) electrons. The van der Waals surface area contributed by atoms with E-state index in [2.05, 4.69) is 19.2 Å². The van der Waals surface area contributed by atoms with Crippen LogP contribution in [0.3, 0.4) is 0 Å². The van der Waals surface area contributed by atoms with E-state index in [9.17, 15) is 9.59 Å². The molecule has 2 unspecified atom stereocenters. The fourth-order valence-electron chi connectivity index (χ4n) is 4.00. The number of likely N-dealkylation sites (tertiary alicyclic amines) is 1. The number of ether oxygens (including phenoxy) is 2. The molecule has 30 heavy (non-hydrogen) atoms. The minimum absolute atomic E-state index is 0.0505. The average molecular weight is 411 g/mol. The van der Waals surface area contributed by atoms with Gasteiger partial charge in [-0.1, -0.05) is 32.0 Å². The highest BCUT2D eigenvalue weighted by molar-refractivity contribution is 6.04. The number of carbonyl (C=O) groups excluding carboxylic acids is 2. The number of hydrogen-bond acceptors (Lipinski definition) is 4. The van der Waals surface area contributed by atoms with E-state index in [0.29, 0.717) is 34.6 Å². The van der Waals surface area contributed by atoms with Gasteiger partial charge in [0.15, 0.2) is 18.1 Å². The van der Waals surface area contributed by atoms with Crippen molar-refractivity contribution in [2.45, 2.75) is 27.2 Å². The Bertz CT molecular complexity index is 902. The van der Waals surface area contributed by atoms with Crippen LogP contribution in [0.1, 0.15) is 36.2 Å². The number of nitrogens with zero attached hydrogens (tertiary/aromatic N) is 1. The lowest BCUT2D eigenvalue weighted by molar-refractivity contribution is -0.118. The molecule has 1 N–H and O–H groups in total. The highest BCUT2D eigenvalue weighted by Gasteiger charge is 2.27. The number of benzene rings is 2. The maximum atomic E-state index is 13.1. The Balaban J connectivity index is 1.67. The van der Waals surface area contributed by atoms with Crippen molar-refractivity contribution >= 4 is 17.5 Å². The molecular formula is C24H30N2O4. The Morgan fingerprint density at radius 3 is 2.47 bits per heavy atom. The van der Waals surface area contributed by atoms with Crippen molar-refractivity contribution in [3.05, 3.63) is 53.6 Å². The Labute approximate surface area is 178 Å². The number of para-hydroxylation sites is 1. The van der Waals surface area contributed by atoms with Gasteiger partial charge in [0.2, 0.25) is 0 Å². The Kier molecular flexibility index (Phi) is 6.98. The SMILES string of the molecule is COc1cc(C)ccc1OCC(=O)Nc1ccccc1C(=O)N1CC(C)CC(C)C1. The number of anilines is 1. The first-order chi connectivity index (χ1) is 14.4. The van der Waals surface area contributed by atoms with Crippen LogP contribution in [-0.4, -0.2) is 43.5 Å². The number of aryl methyl sites for hydroxylation is 1. The number of rotatable bonds is 6. The van der Waals surface area contributed by atoms with Gasteiger partial charge in [-0.3, -0.25) is 9.59 Å². The number of nitrogens with one attached hydrogen (secondary N) is 1. The lowest BCUT2D eigenvalue weighted by Crippen LogP contribution is -2.42. The molecule has 1 aliphatic rings. The largest absolute Gasteiger partial charge is 0.493 e. The minimum Gasteiger partial charge on any atom is -0.493 e. The van der Waals surface area contributed by atoms with E-state index < -0.39 is 0 Å². The fourth-order valence-corrected chi connectivity index (χ4v) is 4.00.